The van der Waals surface area contributed by atoms with Gasteiger partial charge in [0.05, 0.1) is 24.7 Å². The van der Waals surface area contributed by atoms with E-state index in [-0.39, 0.29) is 11.8 Å². The molecule has 2 aromatic carbocycles. The lowest BCUT2D eigenvalue weighted by Crippen LogP contribution is -2.21. The number of hydrogen-bond donors (Lipinski definition) is 2. The molecular weight excluding hydrogens is 302 g/mol. The van der Waals surface area contributed by atoms with Crippen LogP contribution in [0, 0.1) is 0 Å². The maximum absolute atomic E-state index is 11.5. The highest BCUT2D eigenvalue weighted by molar-refractivity contribution is 6.18. The zero-order valence-electron chi connectivity index (χ0n) is 12.3. The van der Waals surface area contributed by atoms with E-state index in [0.717, 1.165) is 16.8 Å². The number of carbonyl (C=O) groups is 1. The first-order valence-electron chi connectivity index (χ1n) is 6.91. The summed E-state index contributed by atoms with van der Waals surface area (Å²) in [6, 6.07) is 15.0. The molecule has 1 unspecified atom stereocenters. The summed E-state index contributed by atoms with van der Waals surface area (Å²) in [5.74, 6) is -0.175. The Morgan fingerprint density at radius 1 is 1.23 bits per heavy atom. The molecule has 0 aliphatic carbocycles. The Hall–Kier alpha value is -2.04. The first-order valence-corrected chi connectivity index (χ1v) is 7.45. The molecule has 0 bridgehead atoms. The van der Waals surface area contributed by atoms with Gasteiger partial charge in [0.25, 0.3) is 0 Å². The van der Waals surface area contributed by atoms with Crippen LogP contribution in [0.3, 0.4) is 0 Å². The Kier molecular flexibility index (Phi) is 5.81. The number of nitrogens with one attached hydrogen (secondary N) is 1. The Balaban J connectivity index is 2.23. The highest BCUT2D eigenvalue weighted by Gasteiger charge is 2.09. The van der Waals surface area contributed by atoms with Crippen LogP contribution in [0.15, 0.2) is 48.5 Å². The van der Waals surface area contributed by atoms with Crippen LogP contribution >= 0.6 is 11.6 Å². The van der Waals surface area contributed by atoms with Gasteiger partial charge in [-0.2, -0.15) is 0 Å². The molecule has 0 fully saturated rings. The monoisotopic (exact) mass is 319 g/mol. The SMILES string of the molecule is COC(=O)c1ccc(-c2ccccc2NCC(O)CCl)cc1. The van der Waals surface area contributed by atoms with Crippen molar-refractivity contribution < 1.29 is 14.6 Å². The van der Waals surface area contributed by atoms with Gasteiger partial charge in [-0.05, 0) is 23.8 Å². The molecule has 0 aliphatic rings. The van der Waals surface area contributed by atoms with Gasteiger partial charge in [-0.25, -0.2) is 4.79 Å². The number of benzene rings is 2. The number of carbonyl (C=O) groups excluding carboxylic acids is 1. The lowest BCUT2D eigenvalue weighted by Gasteiger charge is -2.14. The zero-order chi connectivity index (χ0) is 15.9. The van der Waals surface area contributed by atoms with E-state index in [4.69, 9.17) is 16.3 Å². The number of esters is 1. The van der Waals surface area contributed by atoms with Gasteiger partial charge in [-0.3, -0.25) is 0 Å². The quantitative estimate of drug-likeness (QED) is 0.634. The summed E-state index contributed by atoms with van der Waals surface area (Å²) in [6.45, 7) is 0.376. The number of aliphatic hydroxyl groups is 1. The minimum absolute atomic E-state index is 0.184. The van der Waals surface area contributed by atoms with Gasteiger partial charge in [-0.1, -0.05) is 30.3 Å². The van der Waals surface area contributed by atoms with Gasteiger partial charge in [-0.15, -0.1) is 11.6 Å². The second-order valence-electron chi connectivity index (χ2n) is 4.80. The van der Waals surface area contributed by atoms with E-state index in [0.29, 0.717) is 12.1 Å². The van der Waals surface area contributed by atoms with Crippen molar-refractivity contribution in [3.63, 3.8) is 0 Å². The van der Waals surface area contributed by atoms with E-state index in [9.17, 15) is 9.90 Å². The molecule has 0 radical (unpaired) electrons. The molecule has 116 valence electrons. The van der Waals surface area contributed by atoms with Crippen molar-refractivity contribution in [1.82, 2.24) is 0 Å². The van der Waals surface area contributed by atoms with E-state index in [1.165, 1.54) is 7.11 Å². The van der Waals surface area contributed by atoms with Crippen molar-refractivity contribution in [2.75, 3.05) is 24.9 Å². The average molecular weight is 320 g/mol. The number of alkyl halides is 1. The first-order chi connectivity index (χ1) is 10.7. The zero-order valence-corrected chi connectivity index (χ0v) is 13.0. The predicted molar refractivity (Wildman–Crippen MR) is 88.4 cm³/mol. The number of aliphatic hydroxyl groups excluding tert-OH is 1. The van der Waals surface area contributed by atoms with Crippen LogP contribution in [0.2, 0.25) is 0 Å². The summed E-state index contributed by atoms with van der Waals surface area (Å²) >= 11 is 5.60. The van der Waals surface area contributed by atoms with E-state index in [1.807, 2.05) is 36.4 Å². The Morgan fingerprint density at radius 3 is 2.55 bits per heavy atom. The van der Waals surface area contributed by atoms with E-state index >= 15 is 0 Å². The maximum atomic E-state index is 11.5. The molecule has 0 amide bonds. The van der Waals surface area contributed by atoms with Gasteiger partial charge in [0.15, 0.2) is 0 Å². The molecule has 5 heteroatoms. The fraction of sp³-hybridized carbons (Fsp3) is 0.235. The number of hydrogen-bond acceptors (Lipinski definition) is 4. The van der Waals surface area contributed by atoms with Gasteiger partial charge in [0.1, 0.15) is 0 Å². The van der Waals surface area contributed by atoms with Crippen LogP contribution in [0.4, 0.5) is 5.69 Å². The second kappa shape index (κ2) is 7.82. The van der Waals surface area contributed by atoms with Crippen LogP contribution in [0.1, 0.15) is 10.4 Å². The highest BCUT2D eigenvalue weighted by Crippen LogP contribution is 2.28. The van der Waals surface area contributed by atoms with Gasteiger partial charge in [0, 0.05) is 17.8 Å². The third-order valence-corrected chi connectivity index (χ3v) is 3.61. The highest BCUT2D eigenvalue weighted by atomic mass is 35.5. The molecule has 0 aromatic heterocycles. The van der Waals surface area contributed by atoms with Crippen LogP contribution in [-0.4, -0.2) is 36.7 Å². The lowest BCUT2D eigenvalue weighted by atomic mass is 10.0. The number of ether oxygens (including phenoxy) is 1. The normalized spacial score (nSPS) is 11.8. The Morgan fingerprint density at radius 2 is 1.91 bits per heavy atom. The first kappa shape index (κ1) is 16.3. The van der Waals surface area contributed by atoms with Crippen molar-refractivity contribution in [3.8, 4) is 11.1 Å². The molecule has 1 atom stereocenters. The number of methoxy groups -OCH3 is 1. The molecule has 2 rings (SSSR count). The molecular formula is C17H18ClNO3. The number of anilines is 1. The fourth-order valence-corrected chi connectivity index (χ4v) is 2.18. The standard InChI is InChI=1S/C17H18ClNO3/c1-22-17(21)13-8-6-12(7-9-13)15-4-2-3-5-16(15)19-11-14(20)10-18/h2-9,14,19-20H,10-11H2,1H3. The average Bonchev–Trinajstić information content (AvgIpc) is 2.59. The van der Waals surface area contributed by atoms with E-state index in [1.54, 1.807) is 12.1 Å². The summed E-state index contributed by atoms with van der Waals surface area (Å²) in [5.41, 5.74) is 3.36. The van der Waals surface area contributed by atoms with Gasteiger partial charge in [0.2, 0.25) is 0 Å². The molecule has 0 saturated carbocycles. The topological polar surface area (TPSA) is 58.6 Å². The molecule has 2 N–H and O–H groups in total. The summed E-state index contributed by atoms with van der Waals surface area (Å²) in [4.78, 5) is 11.5. The number of para-hydroxylation sites is 1. The predicted octanol–water partition coefficient (Wildman–Crippen LogP) is 3.15. The van der Waals surface area contributed by atoms with Crippen LogP contribution in [-0.2, 0) is 4.74 Å². The Bertz CT molecular complexity index is 628. The molecule has 0 spiro atoms. The molecule has 22 heavy (non-hydrogen) atoms. The summed E-state index contributed by atoms with van der Waals surface area (Å²) in [5, 5.41) is 12.7. The van der Waals surface area contributed by atoms with Crippen molar-refractivity contribution >= 4 is 23.3 Å². The van der Waals surface area contributed by atoms with Crippen LogP contribution < -0.4 is 5.32 Å². The maximum Gasteiger partial charge on any atom is 0.337 e. The van der Waals surface area contributed by atoms with Gasteiger partial charge >= 0.3 is 5.97 Å². The lowest BCUT2D eigenvalue weighted by molar-refractivity contribution is 0.0601. The number of rotatable bonds is 6. The third-order valence-electron chi connectivity index (χ3n) is 3.25. The minimum Gasteiger partial charge on any atom is -0.465 e. The second-order valence-corrected chi connectivity index (χ2v) is 5.11. The van der Waals surface area contributed by atoms with Crippen molar-refractivity contribution in [1.29, 1.82) is 0 Å². The third kappa shape index (κ3) is 4.00. The number of halogens is 1. The fourth-order valence-electron chi connectivity index (χ4n) is 2.08. The minimum atomic E-state index is -0.601. The van der Waals surface area contributed by atoms with E-state index < -0.39 is 6.10 Å². The molecule has 0 heterocycles. The van der Waals surface area contributed by atoms with Crippen LogP contribution in [0.25, 0.3) is 11.1 Å². The Labute approximate surface area is 134 Å². The summed E-state index contributed by atoms with van der Waals surface area (Å²) in [7, 11) is 1.36. The van der Waals surface area contributed by atoms with Crippen molar-refractivity contribution in [2.24, 2.45) is 0 Å². The summed E-state index contributed by atoms with van der Waals surface area (Å²) in [6.07, 6.45) is -0.601. The molecule has 2 aromatic rings. The summed E-state index contributed by atoms with van der Waals surface area (Å²) < 4.78 is 4.69. The van der Waals surface area contributed by atoms with Crippen LogP contribution in [0.5, 0.6) is 0 Å². The molecule has 0 saturated heterocycles. The van der Waals surface area contributed by atoms with E-state index in [2.05, 4.69) is 5.32 Å². The smallest absolute Gasteiger partial charge is 0.337 e. The molecule has 4 nitrogen and oxygen atoms in total. The molecule has 0 aliphatic heterocycles. The van der Waals surface area contributed by atoms with Crippen molar-refractivity contribution in [3.05, 3.63) is 54.1 Å². The largest absolute Gasteiger partial charge is 0.465 e. The van der Waals surface area contributed by atoms with Crippen molar-refractivity contribution in [2.45, 2.75) is 6.10 Å². The van der Waals surface area contributed by atoms with Gasteiger partial charge < -0.3 is 15.2 Å².